The van der Waals surface area contributed by atoms with Crippen molar-refractivity contribution in [3.63, 3.8) is 0 Å². The molecule has 0 amide bonds. The maximum absolute atomic E-state index is 12.2. The minimum absolute atomic E-state index is 0.373. The molecule has 6 heteroatoms. The summed E-state index contributed by atoms with van der Waals surface area (Å²) < 4.78 is 27.4. The second-order valence-corrected chi connectivity index (χ2v) is 7.99. The van der Waals surface area contributed by atoms with Gasteiger partial charge >= 0.3 is 0 Å². The molecule has 0 saturated carbocycles. The predicted molar refractivity (Wildman–Crippen MR) is 87.2 cm³/mol. The predicted octanol–water partition coefficient (Wildman–Crippen LogP) is 2.30. The van der Waals surface area contributed by atoms with Crippen molar-refractivity contribution in [1.29, 1.82) is 0 Å². The van der Waals surface area contributed by atoms with E-state index >= 15 is 0 Å². The zero-order valence-electron chi connectivity index (χ0n) is 12.2. The summed E-state index contributed by atoms with van der Waals surface area (Å²) in [6, 6.07) is 11.5. The highest BCUT2D eigenvalue weighted by Crippen LogP contribution is 2.21. The fraction of sp³-hybridized carbons (Fsp3) is 0.333. The van der Waals surface area contributed by atoms with Gasteiger partial charge in [0.2, 0.25) is 10.0 Å². The maximum atomic E-state index is 12.2. The lowest BCUT2D eigenvalue weighted by molar-refractivity contribution is 0.583. The first-order valence-electron chi connectivity index (χ1n) is 6.80. The summed E-state index contributed by atoms with van der Waals surface area (Å²) in [5.74, 6) is 0. The Morgan fingerprint density at radius 1 is 1.14 bits per heavy atom. The summed E-state index contributed by atoms with van der Waals surface area (Å²) in [6.45, 7) is 3.13. The summed E-state index contributed by atoms with van der Waals surface area (Å²) in [5.41, 5.74) is 2.35. The van der Waals surface area contributed by atoms with Gasteiger partial charge in [-0.1, -0.05) is 24.3 Å². The van der Waals surface area contributed by atoms with E-state index in [0.29, 0.717) is 23.7 Å². The molecule has 0 saturated heterocycles. The Kier molecular flexibility index (Phi) is 5.52. The third-order valence-corrected chi connectivity index (χ3v) is 6.24. The summed E-state index contributed by atoms with van der Waals surface area (Å²) in [4.78, 5) is 1.01. The molecule has 0 unspecified atom stereocenters. The minimum atomic E-state index is -3.40. The first kappa shape index (κ1) is 16.2. The molecule has 0 bridgehead atoms. The van der Waals surface area contributed by atoms with Gasteiger partial charge in [0.15, 0.2) is 0 Å². The Labute approximate surface area is 130 Å². The lowest BCUT2D eigenvalue weighted by Gasteiger charge is -2.07. The van der Waals surface area contributed by atoms with Crippen molar-refractivity contribution in [3.05, 3.63) is 52.4 Å². The van der Waals surface area contributed by atoms with Crippen LogP contribution in [0.5, 0.6) is 0 Å². The Balaban J connectivity index is 1.96. The fourth-order valence-electron chi connectivity index (χ4n) is 2.05. The number of hydrogen-bond acceptors (Lipinski definition) is 4. The van der Waals surface area contributed by atoms with E-state index in [4.69, 9.17) is 0 Å². The van der Waals surface area contributed by atoms with Crippen LogP contribution in [0.3, 0.4) is 0 Å². The van der Waals surface area contributed by atoms with Crippen LogP contribution in [0.1, 0.15) is 16.0 Å². The molecule has 0 aliphatic heterocycles. The molecule has 2 N–H and O–H groups in total. The van der Waals surface area contributed by atoms with Crippen LogP contribution >= 0.6 is 11.3 Å². The number of sulfonamides is 1. The molecule has 0 aliphatic rings. The molecule has 2 aromatic rings. The van der Waals surface area contributed by atoms with Crippen LogP contribution in [0, 0.1) is 6.92 Å². The van der Waals surface area contributed by atoms with Crippen LogP contribution in [-0.2, 0) is 23.0 Å². The lowest BCUT2D eigenvalue weighted by Crippen LogP contribution is -2.25. The third kappa shape index (κ3) is 4.38. The molecular formula is C15H20N2O2S2. The fourth-order valence-corrected chi connectivity index (χ4v) is 4.50. The number of aryl methyl sites for hydroxylation is 1. The van der Waals surface area contributed by atoms with Gasteiger partial charge in [0.25, 0.3) is 0 Å². The Bertz CT molecular complexity index is 693. The van der Waals surface area contributed by atoms with E-state index in [2.05, 4.69) is 10.0 Å². The van der Waals surface area contributed by atoms with Crippen molar-refractivity contribution in [2.75, 3.05) is 13.6 Å². The van der Waals surface area contributed by atoms with Crippen LogP contribution in [0.15, 0.2) is 40.6 Å². The van der Waals surface area contributed by atoms with Crippen LogP contribution in [0.2, 0.25) is 0 Å². The Morgan fingerprint density at radius 2 is 1.90 bits per heavy atom. The summed E-state index contributed by atoms with van der Waals surface area (Å²) in [5, 5.41) is 3.01. The topological polar surface area (TPSA) is 58.2 Å². The van der Waals surface area contributed by atoms with E-state index in [9.17, 15) is 8.42 Å². The van der Waals surface area contributed by atoms with Crippen LogP contribution in [0.4, 0.5) is 0 Å². The number of hydrogen-bond donors (Lipinski definition) is 2. The average Bonchev–Trinajstić information content (AvgIpc) is 2.91. The Hall–Kier alpha value is -1.21. The van der Waals surface area contributed by atoms with Gasteiger partial charge in [0.1, 0.15) is 4.21 Å². The Morgan fingerprint density at radius 3 is 2.62 bits per heavy atom. The van der Waals surface area contributed by atoms with Crippen molar-refractivity contribution in [3.8, 4) is 0 Å². The first-order chi connectivity index (χ1) is 10.0. The van der Waals surface area contributed by atoms with Crippen molar-refractivity contribution < 1.29 is 8.42 Å². The van der Waals surface area contributed by atoms with Crippen molar-refractivity contribution in [1.82, 2.24) is 10.0 Å². The average molecular weight is 324 g/mol. The van der Waals surface area contributed by atoms with Gasteiger partial charge in [-0.2, -0.15) is 0 Å². The second kappa shape index (κ2) is 7.17. The van der Waals surface area contributed by atoms with E-state index in [1.165, 1.54) is 22.5 Å². The van der Waals surface area contributed by atoms with Gasteiger partial charge in [-0.15, -0.1) is 11.3 Å². The molecule has 21 heavy (non-hydrogen) atoms. The standard InChI is InChI=1S/C15H20N2O2S2/c1-12-5-3-4-6-13(12)9-10-17-21(18,19)15-8-7-14(20-15)11-16-2/h3-8,16-17H,9-11H2,1-2H3. The van der Waals surface area contributed by atoms with Crippen molar-refractivity contribution in [2.24, 2.45) is 0 Å². The molecule has 0 atom stereocenters. The molecule has 114 valence electrons. The van der Waals surface area contributed by atoms with Crippen molar-refractivity contribution in [2.45, 2.75) is 24.1 Å². The van der Waals surface area contributed by atoms with Crippen LogP contribution < -0.4 is 10.0 Å². The van der Waals surface area contributed by atoms with E-state index in [0.717, 1.165) is 4.88 Å². The van der Waals surface area contributed by atoms with Gasteiger partial charge in [-0.3, -0.25) is 0 Å². The summed E-state index contributed by atoms with van der Waals surface area (Å²) >= 11 is 1.30. The molecule has 2 rings (SSSR count). The quantitative estimate of drug-likeness (QED) is 0.821. The highest BCUT2D eigenvalue weighted by atomic mass is 32.2. The number of rotatable bonds is 7. The van der Waals surface area contributed by atoms with E-state index in [1.807, 2.05) is 44.3 Å². The monoisotopic (exact) mass is 324 g/mol. The largest absolute Gasteiger partial charge is 0.315 e. The van der Waals surface area contributed by atoms with E-state index < -0.39 is 10.0 Å². The number of benzene rings is 1. The molecule has 0 spiro atoms. The number of nitrogens with one attached hydrogen (secondary N) is 2. The minimum Gasteiger partial charge on any atom is -0.315 e. The second-order valence-electron chi connectivity index (χ2n) is 4.83. The van der Waals surface area contributed by atoms with Gasteiger partial charge < -0.3 is 5.32 Å². The summed E-state index contributed by atoms with van der Waals surface area (Å²) in [7, 11) is -1.56. The molecule has 1 aromatic carbocycles. The number of thiophene rings is 1. The van der Waals surface area contributed by atoms with Gasteiger partial charge in [0.05, 0.1) is 0 Å². The third-order valence-electron chi connectivity index (χ3n) is 3.20. The lowest BCUT2D eigenvalue weighted by atomic mass is 10.1. The zero-order valence-corrected chi connectivity index (χ0v) is 13.9. The van der Waals surface area contributed by atoms with Gasteiger partial charge in [-0.05, 0) is 43.7 Å². The highest BCUT2D eigenvalue weighted by Gasteiger charge is 2.16. The smallest absolute Gasteiger partial charge is 0.250 e. The molecule has 0 fully saturated rings. The molecule has 4 nitrogen and oxygen atoms in total. The molecular weight excluding hydrogens is 304 g/mol. The summed E-state index contributed by atoms with van der Waals surface area (Å²) in [6.07, 6.45) is 0.695. The molecule has 0 radical (unpaired) electrons. The highest BCUT2D eigenvalue weighted by molar-refractivity contribution is 7.91. The van der Waals surface area contributed by atoms with E-state index in [-0.39, 0.29) is 0 Å². The van der Waals surface area contributed by atoms with Crippen LogP contribution in [-0.4, -0.2) is 22.0 Å². The van der Waals surface area contributed by atoms with Gasteiger partial charge in [0, 0.05) is 18.0 Å². The normalized spacial score (nSPS) is 11.7. The maximum Gasteiger partial charge on any atom is 0.250 e. The molecule has 0 aliphatic carbocycles. The van der Waals surface area contributed by atoms with Crippen LogP contribution in [0.25, 0.3) is 0 Å². The van der Waals surface area contributed by atoms with Gasteiger partial charge in [-0.25, -0.2) is 13.1 Å². The van der Waals surface area contributed by atoms with E-state index in [1.54, 1.807) is 6.07 Å². The first-order valence-corrected chi connectivity index (χ1v) is 9.10. The molecule has 1 aromatic heterocycles. The SMILES string of the molecule is CNCc1ccc(S(=O)(=O)NCCc2ccccc2C)s1. The zero-order chi connectivity index (χ0) is 15.3. The molecule has 1 heterocycles. The van der Waals surface area contributed by atoms with Crippen molar-refractivity contribution >= 4 is 21.4 Å².